The minimum atomic E-state index is 0.854. The third-order valence-electron chi connectivity index (χ3n) is 6.58. The highest BCUT2D eigenvalue weighted by Crippen LogP contribution is 2.43. The average Bonchev–Trinajstić information content (AvgIpc) is 3.46. The highest BCUT2D eigenvalue weighted by Gasteiger charge is 2.26. The molecule has 4 aromatic carbocycles. The Morgan fingerprint density at radius 3 is 2.37 bits per heavy atom. The number of rotatable bonds is 5. The minimum Gasteiger partial charge on any atom is -0.438 e. The summed E-state index contributed by atoms with van der Waals surface area (Å²) in [6, 6.07) is 25.8. The summed E-state index contributed by atoms with van der Waals surface area (Å²) in [7, 11) is 0. The third-order valence-corrected chi connectivity index (χ3v) is 7.78. The van der Waals surface area contributed by atoms with E-state index >= 15 is 0 Å². The molecule has 0 N–H and O–H groups in total. The molecule has 3 nitrogen and oxygen atoms in total. The first-order valence-electron chi connectivity index (χ1n) is 12.1. The van der Waals surface area contributed by atoms with Gasteiger partial charge in [0, 0.05) is 29.5 Å². The Morgan fingerprint density at radius 1 is 0.829 bits per heavy atom. The van der Waals surface area contributed by atoms with Crippen LogP contribution in [0.25, 0.3) is 37.8 Å². The zero-order valence-corrected chi connectivity index (χ0v) is 20.8. The van der Waals surface area contributed by atoms with Crippen molar-refractivity contribution in [2.24, 2.45) is 0 Å². The number of aromatic nitrogens is 1. The normalized spacial score (nSPS) is 14.8. The van der Waals surface area contributed by atoms with Gasteiger partial charge in [-0.05, 0) is 42.8 Å². The van der Waals surface area contributed by atoms with E-state index in [-0.39, 0.29) is 0 Å². The van der Waals surface area contributed by atoms with Crippen molar-refractivity contribution < 1.29 is 9.30 Å². The van der Waals surface area contributed by atoms with E-state index in [1.807, 2.05) is 11.3 Å². The summed E-state index contributed by atoms with van der Waals surface area (Å²) in [5.74, 6) is 1.81. The van der Waals surface area contributed by atoms with Gasteiger partial charge in [0.15, 0.2) is 5.75 Å². The molecule has 5 aromatic rings. The van der Waals surface area contributed by atoms with Gasteiger partial charge in [-0.3, -0.25) is 0 Å². The molecular formula is C31H27N2OS+. The topological polar surface area (TPSA) is 16.4 Å². The van der Waals surface area contributed by atoms with Crippen LogP contribution in [0.4, 0.5) is 5.69 Å². The Balaban J connectivity index is 1.28. The monoisotopic (exact) mass is 475 g/mol. The molecule has 0 atom stereocenters. The smallest absolute Gasteiger partial charge is 0.262 e. The molecule has 0 saturated heterocycles. The van der Waals surface area contributed by atoms with E-state index in [4.69, 9.17) is 4.74 Å². The lowest BCUT2D eigenvalue weighted by molar-refractivity contribution is -0.665. The van der Waals surface area contributed by atoms with Crippen molar-refractivity contribution in [3.05, 3.63) is 108 Å². The molecule has 0 spiro atoms. The molecule has 2 heterocycles. The zero-order valence-electron chi connectivity index (χ0n) is 19.9. The number of anilines is 1. The molecule has 6 rings (SSSR count). The lowest BCUT2D eigenvalue weighted by atomic mass is 10.1. The van der Waals surface area contributed by atoms with Crippen LogP contribution in [0.1, 0.15) is 18.9 Å². The molecule has 0 unspecified atom stereocenters. The fraction of sp³-hybridized carbons (Fsp3) is 0.129. The van der Waals surface area contributed by atoms with Gasteiger partial charge in [0.2, 0.25) is 11.4 Å². The van der Waals surface area contributed by atoms with Crippen LogP contribution >= 0.6 is 11.3 Å². The van der Waals surface area contributed by atoms with Gasteiger partial charge in [-0.2, -0.15) is 4.57 Å². The van der Waals surface area contributed by atoms with Gasteiger partial charge in [0.05, 0.1) is 5.69 Å². The molecule has 0 aliphatic carbocycles. The van der Waals surface area contributed by atoms with E-state index in [0.717, 1.165) is 35.8 Å². The largest absolute Gasteiger partial charge is 0.438 e. The van der Waals surface area contributed by atoms with Crippen LogP contribution in [0.3, 0.4) is 0 Å². The molecule has 0 amide bonds. The van der Waals surface area contributed by atoms with Crippen LogP contribution in [0, 0.1) is 0 Å². The number of nitrogens with zero attached hydrogens (tertiary/aromatic N) is 2. The maximum Gasteiger partial charge on any atom is 0.262 e. The zero-order chi connectivity index (χ0) is 23.8. The molecule has 0 radical (unpaired) electrons. The first-order chi connectivity index (χ1) is 17.3. The van der Waals surface area contributed by atoms with Crippen molar-refractivity contribution in [3.8, 4) is 5.75 Å². The standard InChI is InChI=1S/C31H27N2OS/c1-3-32-26-20-18-22-12-8-10-14-24(22)30(26)34-28(32)16-6-5-7-17-29-33(4-2)27-21-19-23-13-9-11-15-25(23)31(27)35-29/h5-21H,3-4H2,1-2H3/q+1. The molecule has 35 heavy (non-hydrogen) atoms. The summed E-state index contributed by atoms with van der Waals surface area (Å²) >= 11 is 1.85. The number of hydrogen-bond donors (Lipinski definition) is 0. The molecule has 0 bridgehead atoms. The van der Waals surface area contributed by atoms with Crippen LogP contribution in [-0.4, -0.2) is 6.54 Å². The predicted octanol–water partition coefficient (Wildman–Crippen LogP) is 7.84. The summed E-state index contributed by atoms with van der Waals surface area (Å²) in [6.07, 6.45) is 10.5. The molecule has 0 fully saturated rings. The van der Waals surface area contributed by atoms with E-state index in [0.29, 0.717) is 0 Å². The molecule has 1 aromatic heterocycles. The Morgan fingerprint density at radius 2 is 1.57 bits per heavy atom. The van der Waals surface area contributed by atoms with Crippen LogP contribution in [0.5, 0.6) is 5.75 Å². The summed E-state index contributed by atoms with van der Waals surface area (Å²) in [4.78, 5) is 2.22. The fourth-order valence-electron chi connectivity index (χ4n) is 4.90. The van der Waals surface area contributed by atoms with Gasteiger partial charge < -0.3 is 9.64 Å². The lowest BCUT2D eigenvalue weighted by Gasteiger charge is -2.14. The molecular weight excluding hydrogens is 448 g/mol. The maximum absolute atomic E-state index is 6.32. The first kappa shape index (κ1) is 21.6. The van der Waals surface area contributed by atoms with E-state index < -0.39 is 0 Å². The van der Waals surface area contributed by atoms with Crippen molar-refractivity contribution in [3.63, 3.8) is 0 Å². The second-order valence-electron chi connectivity index (χ2n) is 8.55. The highest BCUT2D eigenvalue weighted by atomic mass is 32.1. The highest BCUT2D eigenvalue weighted by molar-refractivity contribution is 7.19. The van der Waals surface area contributed by atoms with Crippen molar-refractivity contribution in [1.29, 1.82) is 0 Å². The molecule has 1 aliphatic heterocycles. The SMILES string of the molecule is CCN1C(=CC=CC=Cc2sc3c4ccccc4ccc3[n+]2CC)Oc2c1ccc1ccccc21. The van der Waals surface area contributed by atoms with Gasteiger partial charge in [-0.15, -0.1) is 0 Å². The second kappa shape index (κ2) is 9.05. The van der Waals surface area contributed by atoms with E-state index in [1.54, 1.807) is 0 Å². The van der Waals surface area contributed by atoms with Crippen molar-refractivity contribution in [2.45, 2.75) is 20.4 Å². The van der Waals surface area contributed by atoms with E-state index in [2.05, 4.69) is 126 Å². The summed E-state index contributed by atoms with van der Waals surface area (Å²) in [5.41, 5.74) is 2.42. The number of fused-ring (bicyclic) bond motifs is 6. The number of aryl methyl sites for hydroxylation is 1. The summed E-state index contributed by atoms with van der Waals surface area (Å²) in [6.45, 7) is 6.15. The summed E-state index contributed by atoms with van der Waals surface area (Å²) in [5, 5.41) is 6.21. The van der Waals surface area contributed by atoms with Gasteiger partial charge in [0.25, 0.3) is 5.01 Å². The second-order valence-corrected chi connectivity index (χ2v) is 9.58. The van der Waals surface area contributed by atoms with Crippen molar-refractivity contribution in [2.75, 3.05) is 11.4 Å². The fourth-order valence-corrected chi connectivity index (χ4v) is 6.17. The van der Waals surface area contributed by atoms with Crippen LogP contribution < -0.4 is 14.2 Å². The van der Waals surface area contributed by atoms with Crippen LogP contribution in [0.2, 0.25) is 0 Å². The Hall–Kier alpha value is -3.89. The van der Waals surface area contributed by atoms with E-state index in [9.17, 15) is 0 Å². The summed E-state index contributed by atoms with van der Waals surface area (Å²) < 4.78 is 10.0. The number of benzene rings is 4. The minimum absolute atomic E-state index is 0.854. The number of allylic oxidation sites excluding steroid dienone is 4. The van der Waals surface area contributed by atoms with Gasteiger partial charge in [-0.1, -0.05) is 84.2 Å². The predicted molar refractivity (Wildman–Crippen MR) is 149 cm³/mol. The molecule has 0 saturated carbocycles. The van der Waals surface area contributed by atoms with Crippen LogP contribution in [0.15, 0.2) is 103 Å². The van der Waals surface area contributed by atoms with Crippen molar-refractivity contribution in [1.82, 2.24) is 0 Å². The quantitative estimate of drug-likeness (QED) is 0.190. The van der Waals surface area contributed by atoms with Gasteiger partial charge in [0.1, 0.15) is 11.2 Å². The Bertz CT molecular complexity index is 1660. The molecule has 1 aliphatic rings. The number of hydrogen-bond acceptors (Lipinski definition) is 3. The van der Waals surface area contributed by atoms with Crippen LogP contribution in [-0.2, 0) is 6.54 Å². The first-order valence-corrected chi connectivity index (χ1v) is 13.0. The Labute approximate surface area is 209 Å². The lowest BCUT2D eigenvalue weighted by Crippen LogP contribution is -2.33. The number of ether oxygens (including phenoxy) is 1. The van der Waals surface area contributed by atoms with Gasteiger partial charge in [-0.25, -0.2) is 0 Å². The van der Waals surface area contributed by atoms with Gasteiger partial charge >= 0.3 is 0 Å². The number of thiazole rings is 1. The molecule has 172 valence electrons. The maximum atomic E-state index is 6.32. The van der Waals surface area contributed by atoms with Crippen molar-refractivity contribution >= 4 is 54.9 Å². The van der Waals surface area contributed by atoms with E-state index in [1.165, 1.54) is 31.4 Å². The average molecular weight is 476 g/mol. The Kier molecular flexibility index (Phi) is 5.59. The third kappa shape index (κ3) is 3.71. The molecule has 4 heteroatoms.